The van der Waals surface area contributed by atoms with Crippen LogP contribution in [0.15, 0.2) is 27.7 Å². The molecule has 2 rings (SSSR count). The minimum absolute atomic E-state index is 0.451. The van der Waals surface area contributed by atoms with Gasteiger partial charge in [0.1, 0.15) is 12.4 Å². The molecule has 2 N–H and O–H groups in total. The molecule has 2 aromatic rings. The van der Waals surface area contributed by atoms with E-state index < -0.39 is 0 Å². The van der Waals surface area contributed by atoms with E-state index in [-0.39, 0.29) is 0 Å². The van der Waals surface area contributed by atoms with Crippen LogP contribution >= 0.6 is 11.6 Å². The SMILES string of the molecule is CN=C(NCCOc1ccc(Cl)cn1)NCc1nc(C)c(C)o1. The Kier molecular flexibility index (Phi) is 6.22. The summed E-state index contributed by atoms with van der Waals surface area (Å²) in [4.78, 5) is 12.5. The van der Waals surface area contributed by atoms with E-state index >= 15 is 0 Å². The van der Waals surface area contributed by atoms with Crippen molar-refractivity contribution in [2.75, 3.05) is 20.2 Å². The molecular weight excluding hydrogens is 318 g/mol. The first-order chi connectivity index (χ1) is 11.1. The summed E-state index contributed by atoms with van der Waals surface area (Å²) in [6.45, 7) is 5.30. The van der Waals surface area contributed by atoms with Crippen LogP contribution < -0.4 is 15.4 Å². The maximum Gasteiger partial charge on any atom is 0.214 e. The minimum Gasteiger partial charge on any atom is -0.476 e. The molecule has 0 aliphatic rings. The molecule has 8 heteroatoms. The number of hydrogen-bond donors (Lipinski definition) is 2. The van der Waals surface area contributed by atoms with Crippen molar-refractivity contribution in [3.05, 3.63) is 40.7 Å². The van der Waals surface area contributed by atoms with Gasteiger partial charge in [0.25, 0.3) is 0 Å². The van der Waals surface area contributed by atoms with Crippen LogP contribution in [0.25, 0.3) is 0 Å². The van der Waals surface area contributed by atoms with Gasteiger partial charge in [-0.1, -0.05) is 11.6 Å². The van der Waals surface area contributed by atoms with E-state index in [0.29, 0.717) is 42.4 Å². The number of nitrogens with one attached hydrogen (secondary N) is 2. The molecule has 0 saturated carbocycles. The van der Waals surface area contributed by atoms with Crippen LogP contribution in [0.4, 0.5) is 0 Å². The fraction of sp³-hybridized carbons (Fsp3) is 0.400. The van der Waals surface area contributed by atoms with Crippen LogP contribution in [0.3, 0.4) is 0 Å². The highest BCUT2D eigenvalue weighted by Gasteiger charge is 2.06. The number of halogens is 1. The molecule has 0 fully saturated rings. The van der Waals surface area contributed by atoms with Crippen molar-refractivity contribution in [3.8, 4) is 5.88 Å². The predicted molar refractivity (Wildman–Crippen MR) is 88.9 cm³/mol. The molecule has 0 unspecified atom stereocenters. The largest absolute Gasteiger partial charge is 0.476 e. The summed E-state index contributed by atoms with van der Waals surface area (Å²) in [6.07, 6.45) is 1.55. The van der Waals surface area contributed by atoms with Gasteiger partial charge in [-0.3, -0.25) is 4.99 Å². The first-order valence-electron chi connectivity index (χ1n) is 7.20. The van der Waals surface area contributed by atoms with Crippen LogP contribution in [0.1, 0.15) is 17.3 Å². The third kappa shape index (κ3) is 5.45. The second-order valence-electron chi connectivity index (χ2n) is 4.76. The lowest BCUT2D eigenvalue weighted by Gasteiger charge is -2.11. The molecule has 0 radical (unpaired) electrons. The van der Waals surface area contributed by atoms with E-state index in [4.69, 9.17) is 20.8 Å². The van der Waals surface area contributed by atoms with Crippen molar-refractivity contribution < 1.29 is 9.15 Å². The number of guanidine groups is 1. The number of pyridine rings is 1. The average molecular weight is 338 g/mol. The maximum absolute atomic E-state index is 5.76. The van der Waals surface area contributed by atoms with Gasteiger partial charge in [0, 0.05) is 19.3 Å². The van der Waals surface area contributed by atoms with Crippen molar-refractivity contribution in [1.29, 1.82) is 0 Å². The van der Waals surface area contributed by atoms with Gasteiger partial charge in [0.15, 0.2) is 5.96 Å². The van der Waals surface area contributed by atoms with Crippen molar-refractivity contribution in [2.45, 2.75) is 20.4 Å². The molecule has 0 bridgehead atoms. The molecule has 0 aliphatic heterocycles. The zero-order valence-electron chi connectivity index (χ0n) is 13.4. The number of aryl methyl sites for hydroxylation is 2. The van der Waals surface area contributed by atoms with Gasteiger partial charge in [-0.25, -0.2) is 9.97 Å². The van der Waals surface area contributed by atoms with Gasteiger partial charge in [0.05, 0.1) is 23.8 Å². The van der Waals surface area contributed by atoms with E-state index in [1.54, 1.807) is 25.4 Å². The van der Waals surface area contributed by atoms with Gasteiger partial charge in [-0.15, -0.1) is 0 Å². The topological polar surface area (TPSA) is 84.6 Å². The predicted octanol–water partition coefficient (Wildman–Crippen LogP) is 2.08. The highest BCUT2D eigenvalue weighted by Crippen LogP contribution is 2.11. The molecule has 0 saturated heterocycles. The van der Waals surface area contributed by atoms with Crippen LogP contribution in [-0.2, 0) is 6.54 Å². The minimum atomic E-state index is 0.451. The number of oxazole rings is 1. The molecule has 0 atom stereocenters. The zero-order valence-corrected chi connectivity index (χ0v) is 14.1. The molecule has 23 heavy (non-hydrogen) atoms. The van der Waals surface area contributed by atoms with E-state index in [2.05, 4.69) is 25.6 Å². The Balaban J connectivity index is 1.69. The molecule has 2 heterocycles. The maximum atomic E-state index is 5.76. The molecule has 0 aliphatic carbocycles. The van der Waals surface area contributed by atoms with Crippen LogP contribution in [-0.4, -0.2) is 36.1 Å². The summed E-state index contributed by atoms with van der Waals surface area (Å²) >= 11 is 5.76. The quantitative estimate of drug-likeness (QED) is 0.477. The number of ether oxygens (including phenoxy) is 1. The number of aliphatic imine (C=N–C) groups is 1. The Morgan fingerprint density at radius 2 is 2.17 bits per heavy atom. The second kappa shape index (κ2) is 8.38. The Hall–Kier alpha value is -2.28. The fourth-order valence-electron chi connectivity index (χ4n) is 1.77. The van der Waals surface area contributed by atoms with Gasteiger partial charge in [-0.05, 0) is 19.9 Å². The van der Waals surface area contributed by atoms with Crippen molar-refractivity contribution in [1.82, 2.24) is 20.6 Å². The number of aromatic nitrogens is 2. The number of hydrogen-bond acceptors (Lipinski definition) is 5. The lowest BCUT2D eigenvalue weighted by atomic mass is 10.4. The summed E-state index contributed by atoms with van der Waals surface area (Å²) in [5.74, 6) is 2.63. The van der Waals surface area contributed by atoms with Gasteiger partial charge >= 0.3 is 0 Å². The molecule has 0 aromatic carbocycles. The Bertz CT molecular complexity index is 635. The summed E-state index contributed by atoms with van der Waals surface area (Å²) < 4.78 is 11.0. The molecule has 7 nitrogen and oxygen atoms in total. The first-order valence-corrected chi connectivity index (χ1v) is 7.58. The van der Waals surface area contributed by atoms with Crippen LogP contribution in [0.2, 0.25) is 5.02 Å². The number of nitrogens with zero attached hydrogens (tertiary/aromatic N) is 3. The standard InChI is InChI=1S/C15H20ClN5O2/c1-10-11(2)23-14(21-10)9-20-15(17-3)18-6-7-22-13-5-4-12(16)8-19-13/h4-5,8H,6-7,9H2,1-3H3,(H2,17,18,20). The molecular formula is C15H20ClN5O2. The summed E-state index contributed by atoms with van der Waals surface area (Å²) in [5.41, 5.74) is 0.897. The third-order valence-electron chi connectivity index (χ3n) is 3.05. The Labute approximate surface area is 140 Å². The van der Waals surface area contributed by atoms with Gasteiger partial charge in [0.2, 0.25) is 11.8 Å². The third-order valence-corrected chi connectivity index (χ3v) is 3.27. The molecule has 0 spiro atoms. The fourth-order valence-corrected chi connectivity index (χ4v) is 1.88. The second-order valence-corrected chi connectivity index (χ2v) is 5.20. The molecule has 0 amide bonds. The molecule has 124 valence electrons. The first kappa shape index (κ1) is 17.1. The van der Waals surface area contributed by atoms with E-state index in [1.807, 2.05) is 13.8 Å². The van der Waals surface area contributed by atoms with E-state index in [9.17, 15) is 0 Å². The summed E-state index contributed by atoms with van der Waals surface area (Å²) in [6, 6.07) is 3.46. The average Bonchev–Trinajstić information content (AvgIpc) is 2.87. The van der Waals surface area contributed by atoms with E-state index in [1.165, 1.54) is 0 Å². The Morgan fingerprint density at radius 1 is 1.35 bits per heavy atom. The van der Waals surface area contributed by atoms with Crippen molar-refractivity contribution in [3.63, 3.8) is 0 Å². The van der Waals surface area contributed by atoms with Crippen molar-refractivity contribution >= 4 is 17.6 Å². The normalized spacial score (nSPS) is 11.4. The lowest BCUT2D eigenvalue weighted by Crippen LogP contribution is -2.39. The van der Waals surface area contributed by atoms with Crippen LogP contribution in [0, 0.1) is 13.8 Å². The summed E-state index contributed by atoms with van der Waals surface area (Å²) in [7, 11) is 1.70. The monoisotopic (exact) mass is 337 g/mol. The summed E-state index contributed by atoms with van der Waals surface area (Å²) in [5, 5.41) is 6.84. The molecule has 2 aromatic heterocycles. The smallest absolute Gasteiger partial charge is 0.214 e. The Morgan fingerprint density at radius 3 is 2.78 bits per heavy atom. The zero-order chi connectivity index (χ0) is 16.7. The van der Waals surface area contributed by atoms with Gasteiger partial charge < -0.3 is 19.8 Å². The van der Waals surface area contributed by atoms with Gasteiger partial charge in [-0.2, -0.15) is 0 Å². The highest BCUT2D eigenvalue weighted by atomic mass is 35.5. The number of rotatable bonds is 6. The highest BCUT2D eigenvalue weighted by molar-refractivity contribution is 6.30. The lowest BCUT2D eigenvalue weighted by molar-refractivity contribution is 0.309. The van der Waals surface area contributed by atoms with Crippen molar-refractivity contribution in [2.24, 2.45) is 4.99 Å². The van der Waals surface area contributed by atoms with E-state index in [0.717, 1.165) is 11.5 Å². The van der Waals surface area contributed by atoms with Crippen LogP contribution in [0.5, 0.6) is 5.88 Å².